The van der Waals surface area contributed by atoms with E-state index in [0.717, 1.165) is 30.0 Å². The third-order valence-corrected chi connectivity index (χ3v) is 2.90. The Morgan fingerprint density at radius 1 is 1.15 bits per heavy atom. The molecule has 0 saturated carbocycles. The molecule has 0 aromatic heterocycles. The number of hydrogen-bond acceptors (Lipinski definition) is 3. The molecule has 3 N–H and O–H groups in total. The minimum atomic E-state index is -0.209. The average molecular weight is 274 g/mol. The van der Waals surface area contributed by atoms with Crippen LogP contribution < -0.4 is 15.8 Å². The predicted octanol–water partition coefficient (Wildman–Crippen LogP) is 3.46. The van der Waals surface area contributed by atoms with Gasteiger partial charge in [-0.05, 0) is 37.1 Å². The summed E-state index contributed by atoms with van der Waals surface area (Å²) in [6.45, 7) is 3.30. The van der Waals surface area contributed by atoms with E-state index in [1.54, 1.807) is 18.2 Å². The summed E-state index contributed by atoms with van der Waals surface area (Å²) in [5, 5.41) is 3.29. The van der Waals surface area contributed by atoms with Crippen LogP contribution in [0.2, 0.25) is 0 Å². The van der Waals surface area contributed by atoms with Crippen LogP contribution >= 0.6 is 0 Å². The first-order valence-electron chi connectivity index (χ1n) is 6.69. The molecular weight excluding hydrogens is 255 g/mol. The molecule has 0 bridgehead atoms. The van der Waals surface area contributed by atoms with Gasteiger partial charge in [-0.2, -0.15) is 0 Å². The third kappa shape index (κ3) is 4.16. The van der Waals surface area contributed by atoms with Crippen molar-refractivity contribution in [1.82, 2.24) is 0 Å². The highest BCUT2D eigenvalue weighted by Gasteiger charge is 2.00. The van der Waals surface area contributed by atoms with Crippen LogP contribution in [-0.2, 0) is 6.42 Å². The van der Waals surface area contributed by atoms with Crippen LogP contribution in [0.5, 0.6) is 5.75 Å². The Balaban J connectivity index is 1.91. The Kier molecular flexibility index (Phi) is 4.82. The maximum absolute atomic E-state index is 12.8. The lowest BCUT2D eigenvalue weighted by atomic mass is 10.1. The van der Waals surface area contributed by atoms with Gasteiger partial charge < -0.3 is 15.8 Å². The number of benzene rings is 2. The second-order valence-electron chi connectivity index (χ2n) is 4.53. The lowest BCUT2D eigenvalue weighted by Gasteiger charge is -2.10. The van der Waals surface area contributed by atoms with Crippen molar-refractivity contribution in [3.8, 4) is 5.75 Å². The largest absolute Gasteiger partial charge is 0.494 e. The first-order valence-corrected chi connectivity index (χ1v) is 6.69. The van der Waals surface area contributed by atoms with E-state index in [1.807, 2.05) is 19.1 Å². The summed E-state index contributed by atoms with van der Waals surface area (Å²) >= 11 is 0. The molecular formula is C16H19FN2O. The quantitative estimate of drug-likeness (QED) is 0.793. The Morgan fingerprint density at radius 3 is 2.60 bits per heavy atom. The second kappa shape index (κ2) is 6.80. The third-order valence-electron chi connectivity index (χ3n) is 2.90. The SMILES string of the molecule is CCOc1cc(N)cc(NCCc2ccc(F)cc2)c1. The monoisotopic (exact) mass is 274 g/mol. The summed E-state index contributed by atoms with van der Waals surface area (Å²) in [7, 11) is 0. The number of ether oxygens (including phenoxy) is 1. The smallest absolute Gasteiger partial charge is 0.123 e. The summed E-state index contributed by atoms with van der Waals surface area (Å²) in [5.41, 5.74) is 8.51. The topological polar surface area (TPSA) is 47.3 Å². The van der Waals surface area contributed by atoms with E-state index >= 15 is 0 Å². The van der Waals surface area contributed by atoms with E-state index in [4.69, 9.17) is 10.5 Å². The normalized spacial score (nSPS) is 10.3. The molecule has 0 aliphatic carbocycles. The highest BCUT2D eigenvalue weighted by molar-refractivity contribution is 5.59. The fraction of sp³-hybridized carbons (Fsp3) is 0.250. The van der Waals surface area contributed by atoms with Crippen molar-refractivity contribution in [1.29, 1.82) is 0 Å². The van der Waals surface area contributed by atoms with Crippen LogP contribution in [0.1, 0.15) is 12.5 Å². The van der Waals surface area contributed by atoms with Gasteiger partial charge in [0.25, 0.3) is 0 Å². The molecule has 0 fully saturated rings. The molecule has 0 atom stereocenters. The number of nitrogens with two attached hydrogens (primary N) is 1. The Labute approximate surface area is 118 Å². The van der Waals surface area contributed by atoms with Crippen molar-refractivity contribution >= 4 is 11.4 Å². The van der Waals surface area contributed by atoms with Gasteiger partial charge in [-0.3, -0.25) is 0 Å². The van der Waals surface area contributed by atoms with Gasteiger partial charge in [0.15, 0.2) is 0 Å². The number of halogens is 1. The molecule has 0 amide bonds. The minimum Gasteiger partial charge on any atom is -0.494 e. The second-order valence-corrected chi connectivity index (χ2v) is 4.53. The molecule has 2 aromatic rings. The van der Waals surface area contributed by atoms with Crippen LogP contribution in [0.4, 0.5) is 15.8 Å². The highest BCUT2D eigenvalue weighted by atomic mass is 19.1. The van der Waals surface area contributed by atoms with Gasteiger partial charge in [0.05, 0.1) is 6.61 Å². The molecule has 0 saturated heterocycles. The van der Waals surface area contributed by atoms with Gasteiger partial charge in [0.2, 0.25) is 0 Å². The van der Waals surface area contributed by atoms with Gasteiger partial charge in [0.1, 0.15) is 11.6 Å². The lowest BCUT2D eigenvalue weighted by molar-refractivity contribution is 0.340. The fourth-order valence-corrected chi connectivity index (χ4v) is 1.98. The zero-order chi connectivity index (χ0) is 14.4. The number of hydrogen-bond donors (Lipinski definition) is 2. The average Bonchev–Trinajstić information content (AvgIpc) is 2.41. The van der Waals surface area contributed by atoms with E-state index in [2.05, 4.69) is 5.32 Å². The van der Waals surface area contributed by atoms with Crippen LogP contribution in [0.15, 0.2) is 42.5 Å². The summed E-state index contributed by atoms with van der Waals surface area (Å²) < 4.78 is 18.2. The van der Waals surface area contributed by atoms with Crippen LogP contribution in [0, 0.1) is 5.82 Å². The van der Waals surface area contributed by atoms with Gasteiger partial charge in [-0.15, -0.1) is 0 Å². The molecule has 0 aliphatic rings. The van der Waals surface area contributed by atoms with E-state index in [1.165, 1.54) is 12.1 Å². The molecule has 0 aliphatic heterocycles. The van der Waals surface area contributed by atoms with Crippen molar-refractivity contribution in [2.45, 2.75) is 13.3 Å². The number of nitrogens with one attached hydrogen (secondary N) is 1. The molecule has 0 spiro atoms. The zero-order valence-corrected chi connectivity index (χ0v) is 11.5. The van der Waals surface area contributed by atoms with E-state index in [0.29, 0.717) is 12.3 Å². The standard InChI is InChI=1S/C16H19FN2O/c1-2-20-16-10-14(18)9-15(11-16)19-8-7-12-3-5-13(17)6-4-12/h3-6,9-11,19H,2,7-8,18H2,1H3. The predicted molar refractivity (Wildman–Crippen MR) is 80.6 cm³/mol. The van der Waals surface area contributed by atoms with Gasteiger partial charge in [-0.1, -0.05) is 12.1 Å². The summed E-state index contributed by atoms with van der Waals surface area (Å²) in [6, 6.07) is 12.1. The minimum absolute atomic E-state index is 0.209. The zero-order valence-electron chi connectivity index (χ0n) is 11.5. The van der Waals surface area contributed by atoms with Crippen LogP contribution in [0.25, 0.3) is 0 Å². The molecule has 0 unspecified atom stereocenters. The van der Waals surface area contributed by atoms with Gasteiger partial charge in [0, 0.05) is 30.1 Å². The van der Waals surface area contributed by atoms with Crippen molar-refractivity contribution in [3.05, 3.63) is 53.8 Å². The van der Waals surface area contributed by atoms with E-state index in [-0.39, 0.29) is 5.82 Å². The maximum Gasteiger partial charge on any atom is 0.123 e. The number of anilines is 2. The van der Waals surface area contributed by atoms with E-state index in [9.17, 15) is 4.39 Å². The Morgan fingerprint density at radius 2 is 1.90 bits per heavy atom. The number of nitrogen functional groups attached to an aromatic ring is 1. The molecule has 20 heavy (non-hydrogen) atoms. The van der Waals surface area contributed by atoms with Crippen LogP contribution in [0.3, 0.4) is 0 Å². The first-order chi connectivity index (χ1) is 9.67. The van der Waals surface area contributed by atoms with E-state index < -0.39 is 0 Å². The molecule has 0 radical (unpaired) electrons. The van der Waals surface area contributed by atoms with Crippen molar-refractivity contribution in [2.24, 2.45) is 0 Å². The molecule has 3 nitrogen and oxygen atoms in total. The van der Waals surface area contributed by atoms with Crippen LogP contribution in [-0.4, -0.2) is 13.2 Å². The first kappa shape index (κ1) is 14.2. The highest BCUT2D eigenvalue weighted by Crippen LogP contribution is 2.22. The maximum atomic E-state index is 12.8. The molecule has 2 aromatic carbocycles. The molecule has 0 heterocycles. The summed E-state index contributed by atoms with van der Waals surface area (Å²) in [5.74, 6) is 0.552. The molecule has 106 valence electrons. The summed E-state index contributed by atoms with van der Waals surface area (Å²) in [4.78, 5) is 0. The molecule has 4 heteroatoms. The lowest BCUT2D eigenvalue weighted by Crippen LogP contribution is -2.05. The fourth-order valence-electron chi connectivity index (χ4n) is 1.98. The Bertz CT molecular complexity index is 555. The summed E-state index contributed by atoms with van der Waals surface area (Å²) in [6.07, 6.45) is 0.818. The van der Waals surface area contributed by atoms with Crippen molar-refractivity contribution < 1.29 is 9.13 Å². The van der Waals surface area contributed by atoms with Gasteiger partial charge in [-0.25, -0.2) is 4.39 Å². The Hall–Kier alpha value is -2.23. The van der Waals surface area contributed by atoms with Crippen molar-refractivity contribution in [3.63, 3.8) is 0 Å². The molecule has 2 rings (SSSR count). The van der Waals surface area contributed by atoms with Crippen molar-refractivity contribution in [2.75, 3.05) is 24.2 Å². The number of rotatable bonds is 6. The van der Waals surface area contributed by atoms with Gasteiger partial charge >= 0.3 is 0 Å².